The maximum absolute atomic E-state index is 12.6. The van der Waals surface area contributed by atoms with Gasteiger partial charge in [0, 0.05) is 11.4 Å². The number of carbonyl (C=O) groups excluding carboxylic acids is 1. The van der Waals surface area contributed by atoms with Crippen LogP contribution in [0.15, 0.2) is 82.6 Å². The van der Waals surface area contributed by atoms with Crippen LogP contribution >= 0.6 is 11.8 Å². The number of hydrogen-bond acceptors (Lipinski definition) is 5. The van der Waals surface area contributed by atoms with Crippen LogP contribution in [0.3, 0.4) is 0 Å². The second-order valence-electron chi connectivity index (χ2n) is 7.59. The minimum absolute atomic E-state index is 0.148. The highest BCUT2D eigenvalue weighted by atomic mass is 32.2. The molecule has 0 heterocycles. The van der Waals surface area contributed by atoms with Crippen molar-refractivity contribution in [2.24, 2.45) is 0 Å². The maximum Gasteiger partial charge on any atom is 0.258 e. The van der Waals surface area contributed by atoms with Crippen LogP contribution in [0.1, 0.15) is 29.7 Å². The van der Waals surface area contributed by atoms with Crippen LogP contribution < -0.4 is 14.8 Å². The van der Waals surface area contributed by atoms with E-state index in [0.717, 1.165) is 16.0 Å². The van der Waals surface area contributed by atoms with Crippen molar-refractivity contribution in [1.29, 1.82) is 0 Å². The molecule has 6 nitrogen and oxygen atoms in total. The van der Waals surface area contributed by atoms with E-state index in [2.05, 4.69) is 10.0 Å². The van der Waals surface area contributed by atoms with Crippen LogP contribution in [-0.4, -0.2) is 27.2 Å². The second-order valence-corrected chi connectivity index (χ2v) is 10.2. The number of nitrogens with one attached hydrogen (secondary N) is 2. The normalized spacial score (nSPS) is 12.2. The Labute approximate surface area is 199 Å². The Kier molecular flexibility index (Phi) is 8.55. The molecule has 3 aromatic carbocycles. The highest BCUT2D eigenvalue weighted by Crippen LogP contribution is 2.22. The first-order chi connectivity index (χ1) is 15.8. The summed E-state index contributed by atoms with van der Waals surface area (Å²) in [5.74, 6) is 0.209. The molecular formula is C25H28N2O4S2. The van der Waals surface area contributed by atoms with Crippen LogP contribution in [0, 0.1) is 6.92 Å². The molecule has 0 aromatic heterocycles. The van der Waals surface area contributed by atoms with Gasteiger partial charge >= 0.3 is 0 Å². The topological polar surface area (TPSA) is 84.5 Å². The summed E-state index contributed by atoms with van der Waals surface area (Å²) >= 11 is 1.67. The summed E-state index contributed by atoms with van der Waals surface area (Å²) in [4.78, 5) is 13.6. The van der Waals surface area contributed by atoms with E-state index in [1.165, 1.54) is 12.1 Å². The minimum Gasteiger partial charge on any atom is -0.484 e. The van der Waals surface area contributed by atoms with Crippen molar-refractivity contribution in [2.45, 2.75) is 36.2 Å². The van der Waals surface area contributed by atoms with Crippen molar-refractivity contribution in [3.63, 3.8) is 0 Å². The van der Waals surface area contributed by atoms with E-state index in [1.807, 2.05) is 67.8 Å². The summed E-state index contributed by atoms with van der Waals surface area (Å²) in [5, 5.41) is 2.91. The average molecular weight is 485 g/mol. The van der Waals surface area contributed by atoms with Crippen molar-refractivity contribution in [3.8, 4) is 5.75 Å². The second kappa shape index (κ2) is 11.4. The lowest BCUT2D eigenvalue weighted by atomic mass is 10.1. The SMILES string of the molecule is CSc1ccc(C(C)NC(=O)COc2ccc(S(=O)(=O)NCc3ccccc3)cc2C)cc1. The number of aryl methyl sites for hydroxylation is 1. The van der Waals surface area contributed by atoms with Crippen molar-refractivity contribution >= 4 is 27.7 Å². The summed E-state index contributed by atoms with van der Waals surface area (Å²) in [7, 11) is -3.67. The molecule has 1 amide bonds. The smallest absolute Gasteiger partial charge is 0.258 e. The molecule has 8 heteroatoms. The van der Waals surface area contributed by atoms with E-state index in [0.29, 0.717) is 11.3 Å². The average Bonchev–Trinajstić information content (AvgIpc) is 2.82. The molecule has 33 heavy (non-hydrogen) atoms. The van der Waals surface area contributed by atoms with E-state index in [4.69, 9.17) is 4.74 Å². The van der Waals surface area contributed by atoms with Gasteiger partial charge in [0.25, 0.3) is 5.91 Å². The lowest BCUT2D eigenvalue weighted by molar-refractivity contribution is -0.123. The van der Waals surface area contributed by atoms with Gasteiger partial charge in [-0.3, -0.25) is 4.79 Å². The quantitative estimate of drug-likeness (QED) is 0.415. The summed E-state index contributed by atoms with van der Waals surface area (Å²) in [5.41, 5.74) is 2.51. The van der Waals surface area contributed by atoms with Crippen molar-refractivity contribution in [3.05, 3.63) is 89.5 Å². The Morgan fingerprint density at radius 1 is 1.03 bits per heavy atom. The van der Waals surface area contributed by atoms with E-state index >= 15 is 0 Å². The molecule has 0 saturated heterocycles. The van der Waals surface area contributed by atoms with Crippen LogP contribution in [0.25, 0.3) is 0 Å². The number of ether oxygens (including phenoxy) is 1. The zero-order valence-electron chi connectivity index (χ0n) is 18.9. The first kappa shape index (κ1) is 24.8. The summed E-state index contributed by atoms with van der Waals surface area (Å²) < 4.78 is 33.5. The molecule has 3 rings (SSSR count). The molecule has 0 bridgehead atoms. The number of thioether (sulfide) groups is 1. The van der Waals surface area contributed by atoms with Gasteiger partial charge in [-0.05, 0) is 67.1 Å². The molecular weight excluding hydrogens is 456 g/mol. The van der Waals surface area contributed by atoms with Crippen LogP contribution in [0.4, 0.5) is 0 Å². The monoisotopic (exact) mass is 484 g/mol. The molecule has 174 valence electrons. The van der Waals surface area contributed by atoms with Gasteiger partial charge in [0.05, 0.1) is 10.9 Å². The summed E-state index contributed by atoms with van der Waals surface area (Å²) in [6.45, 7) is 3.71. The minimum atomic E-state index is -3.67. The first-order valence-corrected chi connectivity index (χ1v) is 13.2. The highest BCUT2D eigenvalue weighted by Gasteiger charge is 2.16. The number of hydrogen-bond donors (Lipinski definition) is 2. The molecule has 1 unspecified atom stereocenters. The van der Waals surface area contributed by atoms with Gasteiger partial charge in [-0.2, -0.15) is 0 Å². The summed E-state index contributed by atoms with van der Waals surface area (Å²) in [6.07, 6.45) is 2.02. The fourth-order valence-electron chi connectivity index (χ4n) is 3.21. The van der Waals surface area contributed by atoms with Gasteiger partial charge in [0.15, 0.2) is 6.61 Å². The van der Waals surface area contributed by atoms with Crippen LogP contribution in [-0.2, 0) is 21.4 Å². The van der Waals surface area contributed by atoms with E-state index < -0.39 is 10.0 Å². The Morgan fingerprint density at radius 2 is 1.73 bits per heavy atom. The summed E-state index contributed by atoms with van der Waals surface area (Å²) in [6, 6.07) is 21.8. The third-order valence-corrected chi connectivity index (χ3v) is 7.26. The zero-order valence-corrected chi connectivity index (χ0v) is 20.5. The fourth-order valence-corrected chi connectivity index (χ4v) is 4.72. The lowest BCUT2D eigenvalue weighted by Crippen LogP contribution is -2.31. The molecule has 0 fully saturated rings. The van der Waals surface area contributed by atoms with Gasteiger partial charge in [0.2, 0.25) is 10.0 Å². The van der Waals surface area contributed by atoms with Crippen molar-refractivity contribution in [1.82, 2.24) is 10.0 Å². The lowest BCUT2D eigenvalue weighted by Gasteiger charge is -2.16. The third-order valence-electron chi connectivity index (χ3n) is 5.12. The third kappa shape index (κ3) is 7.08. The number of sulfonamides is 1. The van der Waals surface area contributed by atoms with Gasteiger partial charge in [-0.25, -0.2) is 13.1 Å². The number of amides is 1. The van der Waals surface area contributed by atoms with Crippen LogP contribution in [0.5, 0.6) is 5.75 Å². The maximum atomic E-state index is 12.6. The van der Waals surface area contributed by atoms with Gasteiger partial charge in [-0.15, -0.1) is 11.8 Å². The number of benzene rings is 3. The zero-order chi connectivity index (χ0) is 23.8. The largest absolute Gasteiger partial charge is 0.484 e. The van der Waals surface area contributed by atoms with E-state index in [-0.39, 0.29) is 30.0 Å². The van der Waals surface area contributed by atoms with Gasteiger partial charge < -0.3 is 10.1 Å². The molecule has 0 spiro atoms. The fraction of sp³-hybridized carbons (Fsp3) is 0.240. The first-order valence-electron chi connectivity index (χ1n) is 10.5. The standard InChI is InChI=1S/C25H28N2O4S2/c1-18-15-23(33(29,30)26-16-20-7-5-4-6-8-20)13-14-24(18)31-17-25(28)27-19(2)21-9-11-22(32-3)12-10-21/h4-15,19,26H,16-17H2,1-3H3,(H,27,28). The molecule has 0 saturated carbocycles. The Morgan fingerprint density at radius 3 is 2.36 bits per heavy atom. The molecule has 0 aliphatic carbocycles. The molecule has 2 N–H and O–H groups in total. The van der Waals surface area contributed by atoms with E-state index in [1.54, 1.807) is 24.8 Å². The Bertz CT molecular complexity index is 1180. The van der Waals surface area contributed by atoms with Crippen molar-refractivity contribution < 1.29 is 17.9 Å². The van der Waals surface area contributed by atoms with Gasteiger partial charge in [0.1, 0.15) is 5.75 Å². The van der Waals surface area contributed by atoms with Crippen molar-refractivity contribution in [2.75, 3.05) is 12.9 Å². The molecule has 0 aliphatic rings. The van der Waals surface area contributed by atoms with Gasteiger partial charge in [-0.1, -0.05) is 42.5 Å². The molecule has 0 radical (unpaired) electrons. The van der Waals surface area contributed by atoms with Crippen LogP contribution in [0.2, 0.25) is 0 Å². The molecule has 0 aliphatic heterocycles. The number of rotatable bonds is 10. The van der Waals surface area contributed by atoms with E-state index in [9.17, 15) is 13.2 Å². The molecule has 1 atom stereocenters. The highest BCUT2D eigenvalue weighted by molar-refractivity contribution is 7.98. The predicted molar refractivity (Wildman–Crippen MR) is 132 cm³/mol. The Hall–Kier alpha value is -2.81. The predicted octanol–water partition coefficient (Wildman–Crippen LogP) is 4.45. The number of carbonyl (C=O) groups is 1. The Balaban J connectivity index is 1.55. The molecule has 3 aromatic rings.